The van der Waals surface area contributed by atoms with Crippen LogP contribution in [0.15, 0.2) is 18.2 Å². The summed E-state index contributed by atoms with van der Waals surface area (Å²) < 4.78 is 11.2. The Morgan fingerprint density at radius 2 is 2.10 bits per heavy atom. The molecule has 114 valence electrons. The van der Waals surface area contributed by atoms with Gasteiger partial charge in [0.15, 0.2) is 0 Å². The lowest BCUT2D eigenvalue weighted by Crippen LogP contribution is -2.46. The number of amides is 1. The van der Waals surface area contributed by atoms with Gasteiger partial charge in [-0.2, -0.15) is 0 Å². The minimum absolute atomic E-state index is 0.185. The van der Waals surface area contributed by atoms with Crippen molar-refractivity contribution in [1.82, 2.24) is 5.32 Å². The molecule has 0 radical (unpaired) electrons. The number of thiophene rings is 1. The van der Waals surface area contributed by atoms with Crippen LogP contribution in [0.3, 0.4) is 0 Å². The fraction of sp³-hybridized carbons (Fsp3) is 0.400. The van der Waals surface area contributed by atoms with Gasteiger partial charge in [-0.1, -0.05) is 0 Å². The van der Waals surface area contributed by atoms with Crippen LogP contribution in [0.2, 0.25) is 0 Å². The second-order valence-electron chi connectivity index (χ2n) is 5.48. The quantitative estimate of drug-likeness (QED) is 0.890. The van der Waals surface area contributed by atoms with E-state index < -0.39 is 5.54 Å². The van der Waals surface area contributed by atoms with Crippen LogP contribution in [0.25, 0.3) is 10.1 Å². The second-order valence-corrected chi connectivity index (χ2v) is 6.53. The Hall–Kier alpha value is -1.79. The van der Waals surface area contributed by atoms with Gasteiger partial charge in [0.05, 0.1) is 24.9 Å². The molecular weight excluding hydrogens is 288 g/mol. The maximum Gasteiger partial charge on any atom is 0.264 e. The molecule has 1 aromatic carbocycles. The van der Waals surface area contributed by atoms with E-state index in [2.05, 4.69) is 5.32 Å². The Labute approximate surface area is 128 Å². The first-order chi connectivity index (χ1) is 9.88. The molecule has 5 nitrogen and oxygen atoms in total. The lowest BCUT2D eigenvalue weighted by molar-refractivity contribution is 0.0824. The number of nitrogens with one attached hydrogen (secondary N) is 1. The van der Waals surface area contributed by atoms with E-state index in [9.17, 15) is 4.79 Å². The van der Waals surface area contributed by atoms with Gasteiger partial charge in [-0.25, -0.2) is 0 Å². The lowest BCUT2D eigenvalue weighted by Gasteiger charge is -2.24. The molecule has 0 atom stereocenters. The van der Waals surface area contributed by atoms with Gasteiger partial charge in [-0.15, -0.1) is 11.3 Å². The van der Waals surface area contributed by atoms with E-state index in [0.717, 1.165) is 15.8 Å². The summed E-state index contributed by atoms with van der Waals surface area (Å²) in [6.45, 7) is 4.24. The molecule has 1 aromatic heterocycles. The normalized spacial score (nSPS) is 11.6. The summed E-state index contributed by atoms with van der Waals surface area (Å²) in [7, 11) is 3.22. The number of ether oxygens (including phenoxy) is 2. The summed E-state index contributed by atoms with van der Waals surface area (Å²) in [5.74, 6) is 0.560. The van der Waals surface area contributed by atoms with E-state index in [0.29, 0.717) is 17.2 Å². The molecule has 0 saturated heterocycles. The largest absolute Gasteiger partial charge is 0.497 e. The number of anilines is 1. The fourth-order valence-electron chi connectivity index (χ4n) is 2.15. The number of nitrogen functional groups attached to an aromatic ring is 1. The zero-order valence-corrected chi connectivity index (χ0v) is 13.5. The molecule has 0 fully saturated rings. The first-order valence-electron chi connectivity index (χ1n) is 6.55. The SMILES string of the molecule is COCC(C)(C)NC(=O)c1sc2cc(OC)ccc2c1N. The number of nitrogens with two attached hydrogens (primary N) is 1. The highest BCUT2D eigenvalue weighted by molar-refractivity contribution is 7.21. The molecule has 3 N–H and O–H groups in total. The molecule has 0 saturated carbocycles. The van der Waals surface area contributed by atoms with E-state index in [-0.39, 0.29) is 5.91 Å². The average Bonchev–Trinajstić information content (AvgIpc) is 2.75. The van der Waals surface area contributed by atoms with Crippen LogP contribution in [0.4, 0.5) is 5.69 Å². The van der Waals surface area contributed by atoms with Crippen molar-refractivity contribution in [3.63, 3.8) is 0 Å². The van der Waals surface area contributed by atoms with E-state index >= 15 is 0 Å². The zero-order chi connectivity index (χ0) is 15.6. The Kier molecular flexibility index (Phi) is 4.39. The highest BCUT2D eigenvalue weighted by Crippen LogP contribution is 2.35. The standard InChI is InChI=1S/C15H20N2O3S/c1-15(2,8-19-3)17-14(18)13-12(16)10-6-5-9(20-4)7-11(10)21-13/h5-7H,8,16H2,1-4H3,(H,17,18). The monoisotopic (exact) mass is 308 g/mol. The third-order valence-electron chi connectivity index (χ3n) is 3.10. The second kappa shape index (κ2) is 5.91. The Morgan fingerprint density at radius 3 is 2.71 bits per heavy atom. The summed E-state index contributed by atoms with van der Waals surface area (Å²) in [6.07, 6.45) is 0. The van der Waals surface area contributed by atoms with Gasteiger partial charge in [-0.05, 0) is 32.0 Å². The van der Waals surface area contributed by atoms with Gasteiger partial charge in [-0.3, -0.25) is 4.79 Å². The van der Waals surface area contributed by atoms with Gasteiger partial charge in [0.2, 0.25) is 0 Å². The summed E-state index contributed by atoms with van der Waals surface area (Å²) >= 11 is 1.36. The molecule has 0 spiro atoms. The van der Waals surface area contributed by atoms with Gasteiger partial charge in [0.1, 0.15) is 10.6 Å². The summed E-state index contributed by atoms with van der Waals surface area (Å²) in [5, 5.41) is 3.81. The minimum atomic E-state index is -0.452. The molecule has 0 aliphatic heterocycles. The van der Waals surface area contributed by atoms with Crippen molar-refractivity contribution in [2.24, 2.45) is 0 Å². The predicted molar refractivity (Wildman–Crippen MR) is 86.2 cm³/mol. The number of methoxy groups -OCH3 is 2. The van der Waals surface area contributed by atoms with Crippen LogP contribution in [0.1, 0.15) is 23.5 Å². The fourth-order valence-corrected chi connectivity index (χ4v) is 3.20. The number of hydrogen-bond acceptors (Lipinski definition) is 5. The summed E-state index contributed by atoms with van der Waals surface area (Å²) in [4.78, 5) is 12.9. The Bertz CT molecular complexity index is 664. The van der Waals surface area contributed by atoms with Crippen molar-refractivity contribution in [3.05, 3.63) is 23.1 Å². The first kappa shape index (κ1) is 15.6. The van der Waals surface area contributed by atoms with Crippen LogP contribution >= 0.6 is 11.3 Å². The van der Waals surface area contributed by atoms with Crippen molar-refractivity contribution < 1.29 is 14.3 Å². The zero-order valence-electron chi connectivity index (χ0n) is 12.6. The number of carbonyl (C=O) groups is 1. The maximum absolute atomic E-state index is 12.4. The first-order valence-corrected chi connectivity index (χ1v) is 7.37. The molecule has 21 heavy (non-hydrogen) atoms. The minimum Gasteiger partial charge on any atom is -0.497 e. The number of rotatable bonds is 5. The molecule has 0 aliphatic carbocycles. The average molecular weight is 308 g/mol. The molecule has 2 aromatic rings. The molecule has 0 aliphatic rings. The van der Waals surface area contributed by atoms with Gasteiger partial charge < -0.3 is 20.5 Å². The van der Waals surface area contributed by atoms with Crippen molar-refractivity contribution in [2.45, 2.75) is 19.4 Å². The van der Waals surface area contributed by atoms with Crippen molar-refractivity contribution in [2.75, 3.05) is 26.6 Å². The number of carbonyl (C=O) groups excluding carboxylic acids is 1. The van der Waals surface area contributed by atoms with Crippen LogP contribution in [0.5, 0.6) is 5.75 Å². The van der Waals surface area contributed by atoms with Crippen LogP contribution in [-0.4, -0.2) is 32.3 Å². The highest BCUT2D eigenvalue weighted by Gasteiger charge is 2.24. The third kappa shape index (κ3) is 3.28. The molecular formula is C15H20N2O3S. The predicted octanol–water partition coefficient (Wildman–Crippen LogP) is 2.65. The van der Waals surface area contributed by atoms with E-state index in [1.54, 1.807) is 14.2 Å². The smallest absolute Gasteiger partial charge is 0.264 e. The molecule has 6 heteroatoms. The van der Waals surface area contributed by atoms with Crippen molar-refractivity contribution >= 4 is 33.0 Å². The number of benzene rings is 1. The Morgan fingerprint density at radius 1 is 1.38 bits per heavy atom. The van der Waals surface area contributed by atoms with Gasteiger partial charge in [0.25, 0.3) is 5.91 Å². The maximum atomic E-state index is 12.4. The summed E-state index contributed by atoms with van der Waals surface area (Å²) in [6, 6.07) is 5.59. The van der Waals surface area contributed by atoms with E-state index in [1.165, 1.54) is 11.3 Å². The van der Waals surface area contributed by atoms with Crippen molar-refractivity contribution in [3.8, 4) is 5.75 Å². The lowest BCUT2D eigenvalue weighted by atomic mass is 10.1. The van der Waals surface area contributed by atoms with Gasteiger partial charge in [0, 0.05) is 17.2 Å². The summed E-state index contributed by atoms with van der Waals surface area (Å²) in [5.41, 5.74) is 6.15. The van der Waals surface area contributed by atoms with E-state index in [4.69, 9.17) is 15.2 Å². The Balaban J connectivity index is 2.33. The molecule has 2 rings (SSSR count). The van der Waals surface area contributed by atoms with Crippen LogP contribution < -0.4 is 15.8 Å². The molecule has 0 bridgehead atoms. The van der Waals surface area contributed by atoms with Gasteiger partial charge >= 0.3 is 0 Å². The number of hydrogen-bond donors (Lipinski definition) is 2. The number of fused-ring (bicyclic) bond motifs is 1. The topological polar surface area (TPSA) is 73.6 Å². The third-order valence-corrected chi connectivity index (χ3v) is 4.27. The van der Waals surface area contributed by atoms with Crippen molar-refractivity contribution in [1.29, 1.82) is 0 Å². The molecule has 1 heterocycles. The molecule has 1 amide bonds. The molecule has 0 unspecified atom stereocenters. The van der Waals surface area contributed by atoms with Crippen LogP contribution in [0, 0.1) is 0 Å². The van der Waals surface area contributed by atoms with E-state index in [1.807, 2.05) is 32.0 Å². The van der Waals surface area contributed by atoms with Crippen LogP contribution in [-0.2, 0) is 4.74 Å². The highest BCUT2D eigenvalue weighted by atomic mass is 32.1.